The van der Waals surface area contributed by atoms with E-state index in [4.69, 9.17) is 16.3 Å². The lowest BCUT2D eigenvalue weighted by molar-refractivity contribution is 0.426. The average Bonchev–Trinajstić information content (AvgIpc) is 2.49. The predicted octanol–water partition coefficient (Wildman–Crippen LogP) is 4.91. The van der Waals surface area contributed by atoms with Crippen molar-refractivity contribution in [1.82, 2.24) is 4.98 Å². The Kier molecular flexibility index (Phi) is 3.52. The fourth-order valence-electron chi connectivity index (χ4n) is 1.96. The summed E-state index contributed by atoms with van der Waals surface area (Å²) in [5, 5.41) is 0.976. The van der Waals surface area contributed by atoms with Crippen LogP contribution in [0.25, 0.3) is 10.9 Å². The minimum Gasteiger partial charge on any atom is -0.436 e. The van der Waals surface area contributed by atoms with Gasteiger partial charge in [0, 0.05) is 10.9 Å². The number of alkyl halides is 1. The molecule has 0 amide bonds. The lowest BCUT2D eigenvalue weighted by atomic mass is 10.1. The van der Waals surface area contributed by atoms with E-state index in [9.17, 15) is 4.39 Å². The molecule has 0 aliphatic carbocycles. The molecule has 0 fully saturated rings. The molecule has 4 heteroatoms. The van der Waals surface area contributed by atoms with Crippen LogP contribution in [0, 0.1) is 5.82 Å². The van der Waals surface area contributed by atoms with E-state index in [2.05, 4.69) is 4.98 Å². The highest BCUT2D eigenvalue weighted by molar-refractivity contribution is 6.17. The first kappa shape index (κ1) is 12.9. The van der Waals surface area contributed by atoms with E-state index < -0.39 is 5.82 Å². The van der Waals surface area contributed by atoms with Gasteiger partial charge in [-0.1, -0.05) is 30.3 Å². The Labute approximate surface area is 120 Å². The van der Waals surface area contributed by atoms with Crippen molar-refractivity contribution in [2.24, 2.45) is 0 Å². The summed E-state index contributed by atoms with van der Waals surface area (Å²) in [6, 6.07) is 15.8. The van der Waals surface area contributed by atoms with Crippen molar-refractivity contribution in [3.8, 4) is 11.6 Å². The molecule has 2 aromatic carbocycles. The summed E-state index contributed by atoms with van der Waals surface area (Å²) in [4.78, 5) is 4.41. The molecule has 0 atom stereocenters. The molecule has 3 rings (SSSR count). The van der Waals surface area contributed by atoms with Gasteiger partial charge in [0.15, 0.2) is 11.6 Å². The molecule has 0 spiro atoms. The van der Waals surface area contributed by atoms with Gasteiger partial charge in [-0.3, -0.25) is 0 Å². The van der Waals surface area contributed by atoms with Gasteiger partial charge in [-0.25, -0.2) is 9.37 Å². The van der Waals surface area contributed by atoms with Gasteiger partial charge in [0.1, 0.15) is 0 Å². The predicted molar refractivity (Wildman–Crippen MR) is 77.8 cm³/mol. The quantitative estimate of drug-likeness (QED) is 0.639. The van der Waals surface area contributed by atoms with Gasteiger partial charge in [-0.15, -0.1) is 11.6 Å². The number of ether oxygens (including phenoxy) is 1. The summed E-state index contributed by atoms with van der Waals surface area (Å²) in [5.41, 5.74) is 1.52. The number of para-hydroxylation sites is 2. The minimum absolute atomic E-state index is 0.140. The van der Waals surface area contributed by atoms with E-state index in [0.29, 0.717) is 5.88 Å². The number of hydrogen-bond acceptors (Lipinski definition) is 2. The molecule has 0 bridgehead atoms. The second kappa shape index (κ2) is 5.47. The SMILES string of the molecule is Fc1ccccc1Oc1nc2ccccc2cc1CCl. The summed E-state index contributed by atoms with van der Waals surface area (Å²) < 4.78 is 19.2. The van der Waals surface area contributed by atoms with Crippen molar-refractivity contribution in [3.05, 3.63) is 66.0 Å². The van der Waals surface area contributed by atoms with Crippen LogP contribution in [-0.4, -0.2) is 4.98 Å². The first-order valence-corrected chi connectivity index (χ1v) is 6.68. The van der Waals surface area contributed by atoms with Crippen molar-refractivity contribution in [3.63, 3.8) is 0 Å². The Morgan fingerprint density at radius 2 is 1.80 bits per heavy atom. The molecule has 2 nitrogen and oxygen atoms in total. The lowest BCUT2D eigenvalue weighted by Gasteiger charge is -2.10. The average molecular weight is 288 g/mol. The van der Waals surface area contributed by atoms with Crippen molar-refractivity contribution in [1.29, 1.82) is 0 Å². The van der Waals surface area contributed by atoms with E-state index in [0.717, 1.165) is 16.5 Å². The Hall–Kier alpha value is -2.13. The molecule has 0 aliphatic heterocycles. The number of hydrogen-bond donors (Lipinski definition) is 0. The van der Waals surface area contributed by atoms with Crippen LogP contribution >= 0.6 is 11.6 Å². The van der Waals surface area contributed by atoms with Gasteiger partial charge in [-0.05, 0) is 24.3 Å². The van der Waals surface area contributed by atoms with Crippen molar-refractivity contribution in [2.45, 2.75) is 5.88 Å². The second-order valence-corrected chi connectivity index (χ2v) is 4.58. The molecule has 0 N–H and O–H groups in total. The van der Waals surface area contributed by atoms with Crippen LogP contribution in [0.2, 0.25) is 0 Å². The molecule has 0 unspecified atom stereocenters. The number of fused-ring (bicyclic) bond motifs is 1. The Bertz CT molecular complexity index is 760. The van der Waals surface area contributed by atoms with E-state index >= 15 is 0 Å². The molecule has 0 saturated carbocycles. The molecule has 1 aromatic heterocycles. The van der Waals surface area contributed by atoms with Crippen LogP contribution in [0.15, 0.2) is 54.6 Å². The maximum absolute atomic E-state index is 13.6. The Morgan fingerprint density at radius 1 is 1.05 bits per heavy atom. The van der Waals surface area contributed by atoms with Gasteiger partial charge in [0.05, 0.1) is 11.4 Å². The van der Waals surface area contributed by atoms with E-state index in [-0.39, 0.29) is 11.6 Å². The number of halogens is 2. The highest BCUT2D eigenvalue weighted by atomic mass is 35.5. The molecule has 1 heterocycles. The zero-order valence-corrected chi connectivity index (χ0v) is 11.3. The lowest BCUT2D eigenvalue weighted by Crippen LogP contribution is -1.95. The molecule has 0 aliphatic rings. The molecule has 0 saturated heterocycles. The van der Waals surface area contributed by atoms with E-state index in [1.54, 1.807) is 18.2 Å². The van der Waals surface area contributed by atoms with Crippen LogP contribution < -0.4 is 4.74 Å². The fraction of sp³-hybridized carbons (Fsp3) is 0.0625. The zero-order chi connectivity index (χ0) is 13.9. The third-order valence-electron chi connectivity index (χ3n) is 2.95. The molecule has 100 valence electrons. The fourth-order valence-corrected chi connectivity index (χ4v) is 2.15. The number of pyridine rings is 1. The van der Waals surface area contributed by atoms with Gasteiger partial charge in [-0.2, -0.15) is 0 Å². The molecule has 20 heavy (non-hydrogen) atoms. The minimum atomic E-state index is -0.428. The van der Waals surface area contributed by atoms with Crippen LogP contribution in [0.5, 0.6) is 11.6 Å². The maximum Gasteiger partial charge on any atom is 0.224 e. The maximum atomic E-state index is 13.6. The highest BCUT2D eigenvalue weighted by Crippen LogP contribution is 2.29. The summed E-state index contributed by atoms with van der Waals surface area (Å²) in [6.45, 7) is 0. The van der Waals surface area contributed by atoms with Crippen molar-refractivity contribution >= 4 is 22.5 Å². The Balaban J connectivity index is 2.08. The number of nitrogens with zero attached hydrogens (tertiary/aromatic N) is 1. The number of rotatable bonds is 3. The second-order valence-electron chi connectivity index (χ2n) is 4.31. The summed E-state index contributed by atoms with van der Waals surface area (Å²) in [5.74, 6) is 0.301. The topological polar surface area (TPSA) is 22.1 Å². The van der Waals surface area contributed by atoms with Crippen LogP contribution in [0.4, 0.5) is 4.39 Å². The van der Waals surface area contributed by atoms with Gasteiger partial charge in [0.2, 0.25) is 5.88 Å². The largest absolute Gasteiger partial charge is 0.436 e. The van der Waals surface area contributed by atoms with Crippen LogP contribution in [0.1, 0.15) is 5.56 Å². The molecular formula is C16H11ClFNO. The van der Waals surface area contributed by atoms with E-state index in [1.165, 1.54) is 6.07 Å². The van der Waals surface area contributed by atoms with Crippen molar-refractivity contribution in [2.75, 3.05) is 0 Å². The highest BCUT2D eigenvalue weighted by Gasteiger charge is 2.10. The first-order valence-electron chi connectivity index (χ1n) is 6.15. The standard InChI is InChI=1S/C16H11ClFNO/c17-10-12-9-11-5-1-3-7-14(11)19-16(12)20-15-8-4-2-6-13(15)18/h1-9H,10H2. The van der Waals surface area contributed by atoms with Crippen LogP contribution in [0.3, 0.4) is 0 Å². The molecular weight excluding hydrogens is 277 g/mol. The first-order chi connectivity index (χ1) is 9.78. The summed E-state index contributed by atoms with van der Waals surface area (Å²) in [7, 11) is 0. The van der Waals surface area contributed by atoms with Gasteiger partial charge in [0.25, 0.3) is 0 Å². The monoisotopic (exact) mass is 287 g/mol. The van der Waals surface area contributed by atoms with E-state index in [1.807, 2.05) is 30.3 Å². The third kappa shape index (κ3) is 2.45. The normalized spacial score (nSPS) is 10.7. The zero-order valence-electron chi connectivity index (χ0n) is 10.5. The summed E-state index contributed by atoms with van der Waals surface area (Å²) in [6.07, 6.45) is 0. The Morgan fingerprint density at radius 3 is 2.60 bits per heavy atom. The van der Waals surface area contributed by atoms with Gasteiger partial charge < -0.3 is 4.74 Å². The summed E-state index contributed by atoms with van der Waals surface area (Å²) >= 11 is 5.92. The number of aromatic nitrogens is 1. The smallest absolute Gasteiger partial charge is 0.224 e. The van der Waals surface area contributed by atoms with Gasteiger partial charge >= 0.3 is 0 Å². The molecule has 0 radical (unpaired) electrons. The molecule has 3 aromatic rings. The van der Waals surface area contributed by atoms with Crippen LogP contribution in [-0.2, 0) is 5.88 Å². The number of benzene rings is 2. The van der Waals surface area contributed by atoms with Crippen molar-refractivity contribution < 1.29 is 9.13 Å². The third-order valence-corrected chi connectivity index (χ3v) is 3.24.